The molecule has 7 heteroatoms. The highest BCUT2D eigenvalue weighted by atomic mass is 19.1. The third-order valence-corrected chi connectivity index (χ3v) is 4.58. The number of hydrogen-bond donors (Lipinski definition) is 3. The van der Waals surface area contributed by atoms with Crippen molar-refractivity contribution in [3.63, 3.8) is 0 Å². The van der Waals surface area contributed by atoms with Gasteiger partial charge in [0.05, 0.1) is 5.69 Å². The molecule has 0 spiro atoms. The summed E-state index contributed by atoms with van der Waals surface area (Å²) in [5.74, 6) is -0.392. The van der Waals surface area contributed by atoms with Gasteiger partial charge in [-0.05, 0) is 48.7 Å². The molecule has 142 valence electrons. The summed E-state index contributed by atoms with van der Waals surface area (Å²) in [5.41, 5.74) is 8.28. The van der Waals surface area contributed by atoms with Gasteiger partial charge < -0.3 is 21.3 Å². The molecule has 0 aliphatic carbocycles. The normalized spacial score (nSPS) is 13.0. The number of anilines is 2. The number of benzene rings is 2. The van der Waals surface area contributed by atoms with Crippen LogP contribution < -0.4 is 16.4 Å². The zero-order chi connectivity index (χ0) is 19.2. The van der Waals surface area contributed by atoms with E-state index in [9.17, 15) is 14.0 Å². The van der Waals surface area contributed by atoms with Gasteiger partial charge >= 0.3 is 6.03 Å². The Kier molecular flexibility index (Phi) is 6.03. The van der Waals surface area contributed by atoms with Gasteiger partial charge in [0.25, 0.3) is 0 Å². The number of para-hydroxylation sites is 1. The lowest BCUT2D eigenvalue weighted by molar-refractivity contribution is -0.132. The van der Waals surface area contributed by atoms with E-state index in [2.05, 4.69) is 10.6 Å². The van der Waals surface area contributed by atoms with Crippen LogP contribution in [0, 0.1) is 5.82 Å². The van der Waals surface area contributed by atoms with E-state index in [1.807, 2.05) is 23.1 Å². The number of urea groups is 1. The average Bonchev–Trinajstić information content (AvgIpc) is 2.67. The Hall–Kier alpha value is -2.93. The Bertz CT molecular complexity index is 840. The molecule has 0 saturated carbocycles. The number of fused-ring (bicyclic) bond motifs is 1. The quantitative estimate of drug-likeness (QED) is 0.756. The zero-order valence-electron chi connectivity index (χ0n) is 15.0. The molecule has 0 saturated heterocycles. The SMILES string of the molecule is NCCCC(=O)N1CCc2c(cccc2NC(=O)Nc2ccccc2F)C1. The van der Waals surface area contributed by atoms with Crippen molar-refractivity contribution in [2.75, 3.05) is 23.7 Å². The number of nitrogens with two attached hydrogens (primary N) is 1. The number of hydrogen-bond acceptors (Lipinski definition) is 3. The summed E-state index contributed by atoms with van der Waals surface area (Å²) < 4.78 is 13.7. The Morgan fingerprint density at radius 3 is 2.59 bits per heavy atom. The molecule has 1 aliphatic rings. The topological polar surface area (TPSA) is 87.5 Å². The number of nitrogens with zero attached hydrogens (tertiary/aromatic N) is 1. The minimum Gasteiger partial charge on any atom is -0.338 e. The van der Waals surface area contributed by atoms with Crippen LogP contribution in [0.2, 0.25) is 0 Å². The van der Waals surface area contributed by atoms with Gasteiger partial charge in [0.1, 0.15) is 5.82 Å². The lowest BCUT2D eigenvalue weighted by Gasteiger charge is -2.30. The Balaban J connectivity index is 1.68. The maximum atomic E-state index is 13.7. The number of carbonyl (C=O) groups excluding carboxylic acids is 2. The molecule has 6 nitrogen and oxygen atoms in total. The number of amides is 3. The highest BCUT2D eigenvalue weighted by Crippen LogP contribution is 2.27. The number of halogens is 1. The van der Waals surface area contributed by atoms with Crippen molar-refractivity contribution < 1.29 is 14.0 Å². The summed E-state index contributed by atoms with van der Waals surface area (Å²) in [4.78, 5) is 26.3. The molecule has 4 N–H and O–H groups in total. The van der Waals surface area contributed by atoms with Crippen LogP contribution >= 0.6 is 0 Å². The minimum absolute atomic E-state index is 0.0989. The van der Waals surface area contributed by atoms with E-state index in [1.54, 1.807) is 12.1 Å². The van der Waals surface area contributed by atoms with Gasteiger partial charge in [-0.25, -0.2) is 9.18 Å². The van der Waals surface area contributed by atoms with Gasteiger partial charge in [-0.2, -0.15) is 0 Å². The molecule has 0 atom stereocenters. The van der Waals surface area contributed by atoms with E-state index in [-0.39, 0.29) is 11.6 Å². The van der Waals surface area contributed by atoms with Crippen molar-refractivity contribution in [3.05, 3.63) is 59.4 Å². The molecule has 0 radical (unpaired) electrons. The molecule has 0 unspecified atom stereocenters. The van der Waals surface area contributed by atoms with Crippen molar-refractivity contribution in [1.82, 2.24) is 4.90 Å². The molecule has 3 rings (SSSR count). The van der Waals surface area contributed by atoms with Crippen LogP contribution in [-0.4, -0.2) is 29.9 Å². The average molecular weight is 370 g/mol. The zero-order valence-corrected chi connectivity index (χ0v) is 15.0. The maximum Gasteiger partial charge on any atom is 0.323 e. The molecular formula is C20H23FN4O2. The van der Waals surface area contributed by atoms with E-state index < -0.39 is 11.8 Å². The maximum absolute atomic E-state index is 13.7. The van der Waals surface area contributed by atoms with E-state index in [0.29, 0.717) is 44.6 Å². The molecule has 1 aliphatic heterocycles. The van der Waals surface area contributed by atoms with Gasteiger partial charge in [-0.3, -0.25) is 4.79 Å². The van der Waals surface area contributed by atoms with Crippen LogP contribution in [-0.2, 0) is 17.8 Å². The molecule has 3 amide bonds. The van der Waals surface area contributed by atoms with Gasteiger partial charge in [0, 0.05) is 25.2 Å². The standard InChI is InChI=1S/C20H23FN4O2/c21-16-6-1-2-7-18(16)24-20(27)23-17-8-3-5-14-13-25(12-10-15(14)17)19(26)9-4-11-22/h1-3,5-8H,4,9-13,22H2,(H2,23,24,27). The van der Waals surface area contributed by atoms with Gasteiger partial charge in [0.2, 0.25) is 5.91 Å². The molecule has 0 fully saturated rings. The Labute approximate surface area is 157 Å². The predicted molar refractivity (Wildman–Crippen MR) is 103 cm³/mol. The fourth-order valence-corrected chi connectivity index (χ4v) is 3.19. The van der Waals surface area contributed by atoms with Crippen LogP contribution in [0.1, 0.15) is 24.0 Å². The minimum atomic E-state index is -0.505. The summed E-state index contributed by atoms with van der Waals surface area (Å²) in [7, 11) is 0. The second-order valence-electron chi connectivity index (χ2n) is 6.46. The number of nitrogens with one attached hydrogen (secondary N) is 2. The fraction of sp³-hybridized carbons (Fsp3) is 0.300. The summed E-state index contributed by atoms with van der Waals surface area (Å²) in [5, 5.41) is 5.30. The summed E-state index contributed by atoms with van der Waals surface area (Å²) in [6, 6.07) is 11.1. The second kappa shape index (κ2) is 8.64. The van der Waals surface area contributed by atoms with Crippen molar-refractivity contribution in [3.8, 4) is 0 Å². The molecule has 1 heterocycles. The number of carbonyl (C=O) groups is 2. The summed E-state index contributed by atoms with van der Waals surface area (Å²) in [6.07, 6.45) is 1.79. The van der Waals surface area contributed by atoms with E-state index in [0.717, 1.165) is 11.1 Å². The van der Waals surface area contributed by atoms with Crippen molar-refractivity contribution in [1.29, 1.82) is 0 Å². The lowest BCUT2D eigenvalue weighted by Crippen LogP contribution is -2.36. The summed E-state index contributed by atoms with van der Waals surface area (Å²) in [6.45, 7) is 1.62. The van der Waals surface area contributed by atoms with E-state index >= 15 is 0 Å². The fourth-order valence-electron chi connectivity index (χ4n) is 3.19. The highest BCUT2D eigenvalue weighted by Gasteiger charge is 2.22. The molecule has 2 aromatic carbocycles. The summed E-state index contributed by atoms with van der Waals surface area (Å²) >= 11 is 0. The van der Waals surface area contributed by atoms with Crippen molar-refractivity contribution >= 4 is 23.3 Å². The van der Waals surface area contributed by atoms with Crippen LogP contribution in [0.4, 0.5) is 20.6 Å². The first-order valence-corrected chi connectivity index (χ1v) is 8.99. The first-order chi connectivity index (χ1) is 13.1. The monoisotopic (exact) mass is 370 g/mol. The Morgan fingerprint density at radius 1 is 1.07 bits per heavy atom. The molecule has 0 aromatic heterocycles. The molecule has 2 aromatic rings. The van der Waals surface area contributed by atoms with Gasteiger partial charge in [-0.1, -0.05) is 24.3 Å². The number of rotatable bonds is 5. The largest absolute Gasteiger partial charge is 0.338 e. The smallest absolute Gasteiger partial charge is 0.323 e. The van der Waals surface area contributed by atoms with Crippen molar-refractivity contribution in [2.24, 2.45) is 5.73 Å². The first-order valence-electron chi connectivity index (χ1n) is 8.99. The van der Waals surface area contributed by atoms with Crippen molar-refractivity contribution in [2.45, 2.75) is 25.8 Å². The van der Waals surface area contributed by atoms with E-state index in [4.69, 9.17) is 5.73 Å². The molecule has 27 heavy (non-hydrogen) atoms. The predicted octanol–water partition coefficient (Wildman–Crippen LogP) is 3.09. The van der Waals surface area contributed by atoms with Crippen LogP contribution in [0.5, 0.6) is 0 Å². The molecule has 0 bridgehead atoms. The highest BCUT2D eigenvalue weighted by molar-refractivity contribution is 6.00. The van der Waals surface area contributed by atoms with Gasteiger partial charge in [-0.15, -0.1) is 0 Å². The van der Waals surface area contributed by atoms with Crippen LogP contribution in [0.15, 0.2) is 42.5 Å². The third-order valence-electron chi connectivity index (χ3n) is 4.58. The first kappa shape index (κ1) is 18.8. The van der Waals surface area contributed by atoms with Crippen LogP contribution in [0.3, 0.4) is 0 Å². The molecular weight excluding hydrogens is 347 g/mol. The van der Waals surface area contributed by atoms with E-state index in [1.165, 1.54) is 12.1 Å². The van der Waals surface area contributed by atoms with Crippen LogP contribution in [0.25, 0.3) is 0 Å². The lowest BCUT2D eigenvalue weighted by atomic mass is 9.97. The Morgan fingerprint density at radius 2 is 1.81 bits per heavy atom. The van der Waals surface area contributed by atoms with Gasteiger partial charge in [0.15, 0.2) is 0 Å². The third kappa shape index (κ3) is 4.62. The second-order valence-corrected chi connectivity index (χ2v) is 6.46.